The first-order valence-corrected chi connectivity index (χ1v) is 7.40. The van der Waals surface area contributed by atoms with Crippen molar-refractivity contribution in [2.24, 2.45) is 0 Å². The molecule has 0 radical (unpaired) electrons. The van der Waals surface area contributed by atoms with Gasteiger partial charge in [-0.2, -0.15) is 0 Å². The molecular weight excluding hydrogens is 242 g/mol. The Balaban J connectivity index is 2.27. The van der Waals surface area contributed by atoms with E-state index in [9.17, 15) is 9.59 Å². The summed E-state index contributed by atoms with van der Waals surface area (Å²) < 4.78 is 0. The third-order valence-electron chi connectivity index (χ3n) is 3.57. The summed E-state index contributed by atoms with van der Waals surface area (Å²) in [6.07, 6.45) is 3.21. The third-order valence-corrected chi connectivity index (χ3v) is 3.57. The van der Waals surface area contributed by atoms with E-state index in [4.69, 9.17) is 0 Å². The normalized spacial score (nSPS) is 20.7. The van der Waals surface area contributed by atoms with Gasteiger partial charge >= 0.3 is 0 Å². The summed E-state index contributed by atoms with van der Waals surface area (Å²) in [6, 6.07) is 0.165. The minimum Gasteiger partial charge on any atom is -0.354 e. The molecule has 1 aliphatic heterocycles. The minimum atomic E-state index is -0.0439. The van der Waals surface area contributed by atoms with Gasteiger partial charge in [0.25, 0.3) is 0 Å². The van der Waals surface area contributed by atoms with Crippen LogP contribution in [0.4, 0.5) is 0 Å². The summed E-state index contributed by atoms with van der Waals surface area (Å²) in [6.45, 7) is 8.28. The maximum absolute atomic E-state index is 12.0. The van der Waals surface area contributed by atoms with Crippen molar-refractivity contribution in [2.75, 3.05) is 19.6 Å². The Morgan fingerprint density at radius 2 is 2.21 bits per heavy atom. The lowest BCUT2D eigenvalue weighted by atomic mass is 10.2. The highest BCUT2D eigenvalue weighted by molar-refractivity contribution is 5.84. The average molecular weight is 269 g/mol. The SMILES string of the molecule is CCCNC1CCN(CCC(=O)NC(C)CC)C1=O. The van der Waals surface area contributed by atoms with Gasteiger partial charge in [0.1, 0.15) is 0 Å². The smallest absolute Gasteiger partial charge is 0.239 e. The van der Waals surface area contributed by atoms with Crippen LogP contribution in [0.3, 0.4) is 0 Å². The van der Waals surface area contributed by atoms with Crippen molar-refractivity contribution in [1.29, 1.82) is 0 Å². The lowest BCUT2D eigenvalue weighted by Gasteiger charge is -2.18. The average Bonchev–Trinajstić information content (AvgIpc) is 2.74. The molecule has 1 saturated heterocycles. The third kappa shape index (κ3) is 5.19. The number of rotatable bonds is 8. The number of amides is 2. The van der Waals surface area contributed by atoms with Crippen LogP contribution in [0, 0.1) is 0 Å². The lowest BCUT2D eigenvalue weighted by molar-refractivity contribution is -0.130. The quantitative estimate of drug-likeness (QED) is 0.688. The van der Waals surface area contributed by atoms with E-state index in [2.05, 4.69) is 17.6 Å². The van der Waals surface area contributed by atoms with Crippen LogP contribution < -0.4 is 10.6 Å². The van der Waals surface area contributed by atoms with Gasteiger partial charge in [-0.15, -0.1) is 0 Å². The molecule has 19 heavy (non-hydrogen) atoms. The van der Waals surface area contributed by atoms with Crippen LogP contribution >= 0.6 is 0 Å². The Morgan fingerprint density at radius 3 is 2.84 bits per heavy atom. The van der Waals surface area contributed by atoms with E-state index in [1.54, 1.807) is 4.90 Å². The lowest BCUT2D eigenvalue weighted by Crippen LogP contribution is -2.40. The minimum absolute atomic E-state index is 0.0344. The van der Waals surface area contributed by atoms with Crippen LogP contribution in [0.2, 0.25) is 0 Å². The Bertz CT molecular complexity index is 307. The first kappa shape index (κ1) is 16.0. The fourth-order valence-corrected chi connectivity index (χ4v) is 2.15. The Kier molecular flexibility index (Phi) is 6.84. The van der Waals surface area contributed by atoms with Crippen LogP contribution in [-0.4, -0.2) is 48.4 Å². The summed E-state index contributed by atoms with van der Waals surface area (Å²) in [4.78, 5) is 25.5. The molecule has 0 aliphatic carbocycles. The van der Waals surface area contributed by atoms with Gasteiger partial charge in [0.2, 0.25) is 11.8 Å². The number of carbonyl (C=O) groups excluding carboxylic acids is 2. The number of nitrogens with zero attached hydrogens (tertiary/aromatic N) is 1. The Labute approximate surface area is 116 Å². The van der Waals surface area contributed by atoms with E-state index >= 15 is 0 Å². The summed E-state index contributed by atoms with van der Waals surface area (Å²) in [5, 5.41) is 6.17. The van der Waals surface area contributed by atoms with Gasteiger partial charge in [0.15, 0.2) is 0 Å². The highest BCUT2D eigenvalue weighted by atomic mass is 16.2. The van der Waals surface area contributed by atoms with Crippen LogP contribution in [0.15, 0.2) is 0 Å². The van der Waals surface area contributed by atoms with Gasteiger partial charge < -0.3 is 15.5 Å². The zero-order valence-corrected chi connectivity index (χ0v) is 12.4. The van der Waals surface area contributed by atoms with E-state index in [1.807, 2.05) is 13.8 Å². The maximum Gasteiger partial charge on any atom is 0.239 e. The van der Waals surface area contributed by atoms with Crippen molar-refractivity contribution in [3.05, 3.63) is 0 Å². The molecular formula is C14H27N3O2. The van der Waals surface area contributed by atoms with Crippen LogP contribution in [0.1, 0.15) is 46.5 Å². The monoisotopic (exact) mass is 269 g/mol. The molecule has 1 fully saturated rings. The highest BCUT2D eigenvalue weighted by Gasteiger charge is 2.30. The molecule has 0 spiro atoms. The van der Waals surface area contributed by atoms with Gasteiger partial charge in [-0.3, -0.25) is 9.59 Å². The fraction of sp³-hybridized carbons (Fsp3) is 0.857. The van der Waals surface area contributed by atoms with Crippen molar-refractivity contribution < 1.29 is 9.59 Å². The molecule has 1 heterocycles. The van der Waals surface area contributed by atoms with Crippen molar-refractivity contribution in [3.8, 4) is 0 Å². The van der Waals surface area contributed by atoms with Crippen molar-refractivity contribution in [1.82, 2.24) is 15.5 Å². The van der Waals surface area contributed by atoms with Gasteiger partial charge in [-0.05, 0) is 32.7 Å². The second-order valence-electron chi connectivity index (χ2n) is 5.25. The molecule has 1 rings (SSSR count). The largest absolute Gasteiger partial charge is 0.354 e. The molecule has 110 valence electrons. The Morgan fingerprint density at radius 1 is 1.47 bits per heavy atom. The van der Waals surface area contributed by atoms with Gasteiger partial charge in [0, 0.05) is 25.6 Å². The molecule has 0 bridgehead atoms. The maximum atomic E-state index is 12.0. The summed E-state index contributed by atoms with van der Waals surface area (Å²) in [7, 11) is 0. The van der Waals surface area contributed by atoms with Crippen molar-refractivity contribution in [2.45, 2.75) is 58.5 Å². The predicted molar refractivity (Wildman–Crippen MR) is 75.8 cm³/mol. The molecule has 0 aromatic carbocycles. The van der Waals surface area contributed by atoms with E-state index < -0.39 is 0 Å². The van der Waals surface area contributed by atoms with Crippen LogP contribution in [0.5, 0.6) is 0 Å². The predicted octanol–water partition coefficient (Wildman–Crippen LogP) is 0.892. The molecule has 5 heteroatoms. The van der Waals surface area contributed by atoms with Crippen LogP contribution in [0.25, 0.3) is 0 Å². The van der Waals surface area contributed by atoms with Gasteiger partial charge in [-0.1, -0.05) is 13.8 Å². The second kappa shape index (κ2) is 8.15. The number of hydrogen-bond donors (Lipinski definition) is 2. The fourth-order valence-electron chi connectivity index (χ4n) is 2.15. The Hall–Kier alpha value is -1.10. The molecule has 1 aliphatic rings. The van der Waals surface area contributed by atoms with Crippen LogP contribution in [-0.2, 0) is 9.59 Å². The van der Waals surface area contributed by atoms with Gasteiger partial charge in [0.05, 0.1) is 6.04 Å². The molecule has 0 saturated carbocycles. The zero-order valence-electron chi connectivity index (χ0n) is 12.4. The van der Waals surface area contributed by atoms with Gasteiger partial charge in [-0.25, -0.2) is 0 Å². The second-order valence-corrected chi connectivity index (χ2v) is 5.25. The van der Waals surface area contributed by atoms with Crippen molar-refractivity contribution >= 4 is 11.8 Å². The molecule has 2 N–H and O–H groups in total. The van der Waals surface area contributed by atoms with E-state index in [0.29, 0.717) is 13.0 Å². The summed E-state index contributed by atoms with van der Waals surface area (Å²) in [5.41, 5.74) is 0. The number of nitrogens with one attached hydrogen (secondary N) is 2. The van der Waals surface area contributed by atoms with E-state index in [-0.39, 0.29) is 23.9 Å². The highest BCUT2D eigenvalue weighted by Crippen LogP contribution is 2.11. The first-order valence-electron chi connectivity index (χ1n) is 7.40. The molecule has 0 aromatic rings. The van der Waals surface area contributed by atoms with Crippen molar-refractivity contribution in [3.63, 3.8) is 0 Å². The number of likely N-dealkylation sites (tertiary alicyclic amines) is 1. The molecule has 5 nitrogen and oxygen atoms in total. The number of hydrogen-bond acceptors (Lipinski definition) is 3. The van der Waals surface area contributed by atoms with E-state index in [1.165, 1.54) is 0 Å². The number of carbonyl (C=O) groups is 2. The molecule has 2 amide bonds. The summed E-state index contributed by atoms with van der Waals surface area (Å²) in [5.74, 6) is 0.178. The molecule has 2 atom stereocenters. The standard InChI is InChI=1S/C14H27N3O2/c1-4-8-15-12-6-9-17(14(12)19)10-7-13(18)16-11(3)5-2/h11-12,15H,4-10H2,1-3H3,(H,16,18). The zero-order chi connectivity index (χ0) is 14.3. The first-order chi connectivity index (χ1) is 9.08. The molecule has 0 aromatic heterocycles. The topological polar surface area (TPSA) is 61.4 Å². The van der Waals surface area contributed by atoms with E-state index in [0.717, 1.165) is 32.4 Å². The molecule has 2 unspecified atom stereocenters. The summed E-state index contributed by atoms with van der Waals surface area (Å²) >= 11 is 0.